The van der Waals surface area contributed by atoms with E-state index in [1.807, 2.05) is 0 Å². The van der Waals surface area contributed by atoms with E-state index in [1.165, 1.54) is 24.4 Å². The standard InChI is InChI=1S/C11H8BrCl2N3O2S/c12-6-4-9(11(15)16-5-6)20(18,19)17-10-7(13)2-1-3-8(10)14/h1-5,17H,(H2,15,16). The molecule has 3 N–H and O–H groups in total. The van der Waals surface area contributed by atoms with Gasteiger partial charge in [-0.3, -0.25) is 4.72 Å². The van der Waals surface area contributed by atoms with Crippen LogP contribution < -0.4 is 10.5 Å². The van der Waals surface area contributed by atoms with Crippen LogP contribution in [0.4, 0.5) is 11.5 Å². The summed E-state index contributed by atoms with van der Waals surface area (Å²) in [6.45, 7) is 0. The lowest BCUT2D eigenvalue weighted by atomic mass is 10.3. The third-order valence-corrected chi connectivity index (χ3v) is 4.78. The molecule has 0 aliphatic carbocycles. The molecular formula is C11H8BrCl2N3O2S. The van der Waals surface area contributed by atoms with Crippen LogP contribution in [0.15, 0.2) is 39.8 Å². The van der Waals surface area contributed by atoms with Gasteiger partial charge in [0.2, 0.25) is 0 Å². The Morgan fingerprint density at radius 2 is 1.85 bits per heavy atom. The van der Waals surface area contributed by atoms with Crippen molar-refractivity contribution in [2.45, 2.75) is 4.90 Å². The molecule has 1 aromatic heterocycles. The van der Waals surface area contributed by atoms with Crippen LogP contribution in [-0.4, -0.2) is 13.4 Å². The smallest absolute Gasteiger partial charge is 0.265 e. The number of nitrogen functional groups attached to an aromatic ring is 1. The number of anilines is 2. The first-order chi connectivity index (χ1) is 9.31. The van der Waals surface area contributed by atoms with Crippen molar-refractivity contribution in [3.8, 4) is 0 Å². The van der Waals surface area contributed by atoms with Crippen molar-refractivity contribution >= 4 is 60.7 Å². The van der Waals surface area contributed by atoms with Crippen molar-refractivity contribution in [3.63, 3.8) is 0 Å². The Bertz CT molecular complexity index is 748. The normalized spacial score (nSPS) is 11.3. The molecule has 0 aliphatic rings. The Kier molecular flexibility index (Phi) is 4.43. The molecule has 9 heteroatoms. The molecule has 5 nitrogen and oxygen atoms in total. The zero-order valence-corrected chi connectivity index (χ0v) is 13.7. The third-order valence-electron chi connectivity index (χ3n) is 2.34. The second kappa shape index (κ2) is 5.77. The monoisotopic (exact) mass is 395 g/mol. The molecule has 20 heavy (non-hydrogen) atoms. The van der Waals surface area contributed by atoms with Gasteiger partial charge in [0.1, 0.15) is 10.7 Å². The second-order valence-corrected chi connectivity index (χ2v) is 7.12. The van der Waals surface area contributed by atoms with Crippen LogP contribution in [0.2, 0.25) is 10.0 Å². The highest BCUT2D eigenvalue weighted by Crippen LogP contribution is 2.32. The number of halogens is 3. The van der Waals surface area contributed by atoms with Gasteiger partial charge in [-0.15, -0.1) is 0 Å². The van der Waals surface area contributed by atoms with Crippen molar-refractivity contribution < 1.29 is 8.42 Å². The Balaban J connectivity index is 2.49. The summed E-state index contributed by atoms with van der Waals surface area (Å²) in [5, 5.41) is 0.366. The van der Waals surface area contributed by atoms with E-state index < -0.39 is 10.0 Å². The van der Waals surface area contributed by atoms with E-state index in [1.54, 1.807) is 6.07 Å². The zero-order valence-electron chi connectivity index (χ0n) is 9.77. The Hall–Kier alpha value is -1.02. The largest absolute Gasteiger partial charge is 0.383 e. The molecule has 2 rings (SSSR count). The van der Waals surface area contributed by atoms with Gasteiger partial charge in [0.15, 0.2) is 0 Å². The molecule has 0 saturated heterocycles. The summed E-state index contributed by atoms with van der Waals surface area (Å²) >= 11 is 15.0. The molecule has 0 radical (unpaired) electrons. The van der Waals surface area contributed by atoms with E-state index in [4.69, 9.17) is 28.9 Å². The van der Waals surface area contributed by atoms with Crippen molar-refractivity contribution in [3.05, 3.63) is 45.0 Å². The number of para-hydroxylation sites is 1. The molecule has 2 aromatic rings. The first-order valence-corrected chi connectivity index (χ1v) is 8.22. The highest BCUT2D eigenvalue weighted by atomic mass is 79.9. The maximum absolute atomic E-state index is 12.3. The fourth-order valence-corrected chi connectivity index (χ4v) is 3.73. The third kappa shape index (κ3) is 3.17. The van der Waals surface area contributed by atoms with Crippen LogP contribution in [0.1, 0.15) is 0 Å². The first kappa shape index (κ1) is 15.4. The van der Waals surface area contributed by atoms with Gasteiger partial charge >= 0.3 is 0 Å². The Morgan fingerprint density at radius 3 is 2.45 bits per heavy atom. The van der Waals surface area contributed by atoms with Crippen LogP contribution in [0.5, 0.6) is 0 Å². The van der Waals surface area contributed by atoms with Gasteiger partial charge in [-0.2, -0.15) is 0 Å². The van der Waals surface area contributed by atoms with Gasteiger partial charge in [0, 0.05) is 10.7 Å². The summed E-state index contributed by atoms with van der Waals surface area (Å²) in [5.74, 6) is -0.121. The minimum Gasteiger partial charge on any atom is -0.383 e. The van der Waals surface area contributed by atoms with Crippen molar-refractivity contribution in [1.82, 2.24) is 4.98 Å². The summed E-state index contributed by atoms with van der Waals surface area (Å²) in [7, 11) is -3.95. The average Bonchev–Trinajstić information content (AvgIpc) is 2.37. The number of nitrogens with one attached hydrogen (secondary N) is 1. The highest BCUT2D eigenvalue weighted by Gasteiger charge is 2.21. The maximum Gasteiger partial charge on any atom is 0.265 e. The van der Waals surface area contributed by atoms with Crippen molar-refractivity contribution in [2.24, 2.45) is 0 Å². The molecular weight excluding hydrogens is 389 g/mol. The van der Waals surface area contributed by atoms with Gasteiger partial charge in [0.25, 0.3) is 10.0 Å². The lowest BCUT2D eigenvalue weighted by Gasteiger charge is -2.12. The molecule has 0 amide bonds. The number of rotatable bonds is 3. The van der Waals surface area contributed by atoms with E-state index >= 15 is 0 Å². The van der Waals surface area contributed by atoms with E-state index in [-0.39, 0.29) is 26.4 Å². The van der Waals surface area contributed by atoms with Crippen LogP contribution in [0.3, 0.4) is 0 Å². The fourth-order valence-electron chi connectivity index (χ4n) is 1.43. The van der Waals surface area contributed by atoms with E-state index in [0.29, 0.717) is 4.47 Å². The summed E-state index contributed by atoms with van der Waals surface area (Å²) in [6, 6.07) is 5.99. The molecule has 0 unspecified atom stereocenters. The summed E-state index contributed by atoms with van der Waals surface area (Å²) in [6.07, 6.45) is 1.40. The zero-order chi connectivity index (χ0) is 14.9. The number of aromatic nitrogens is 1. The quantitative estimate of drug-likeness (QED) is 0.830. The van der Waals surface area contributed by atoms with Gasteiger partial charge in [-0.25, -0.2) is 13.4 Å². The SMILES string of the molecule is Nc1ncc(Br)cc1S(=O)(=O)Nc1c(Cl)cccc1Cl. The molecule has 0 atom stereocenters. The maximum atomic E-state index is 12.3. The van der Waals surface area contributed by atoms with Crippen LogP contribution >= 0.6 is 39.1 Å². The summed E-state index contributed by atoms with van der Waals surface area (Å²) in [4.78, 5) is 3.61. The number of benzene rings is 1. The molecule has 106 valence electrons. The first-order valence-electron chi connectivity index (χ1n) is 5.19. The lowest BCUT2D eigenvalue weighted by molar-refractivity contribution is 0.601. The van der Waals surface area contributed by atoms with Crippen LogP contribution in [-0.2, 0) is 10.0 Å². The van der Waals surface area contributed by atoms with Gasteiger partial charge in [-0.1, -0.05) is 29.3 Å². The minimum absolute atomic E-state index is 0.0928. The number of pyridine rings is 1. The van der Waals surface area contributed by atoms with Crippen LogP contribution in [0.25, 0.3) is 0 Å². The topological polar surface area (TPSA) is 85.1 Å². The second-order valence-electron chi connectivity index (χ2n) is 3.74. The Labute approximate surface area is 134 Å². The predicted molar refractivity (Wildman–Crippen MR) is 83.6 cm³/mol. The number of sulfonamides is 1. The minimum atomic E-state index is -3.95. The molecule has 1 aromatic carbocycles. The van der Waals surface area contributed by atoms with Gasteiger partial charge < -0.3 is 5.73 Å². The lowest BCUT2D eigenvalue weighted by Crippen LogP contribution is -2.16. The van der Waals surface area contributed by atoms with E-state index in [2.05, 4.69) is 25.6 Å². The molecule has 0 saturated carbocycles. The van der Waals surface area contributed by atoms with Gasteiger partial charge in [-0.05, 0) is 34.1 Å². The number of hydrogen-bond donors (Lipinski definition) is 2. The molecule has 0 aliphatic heterocycles. The van der Waals surface area contributed by atoms with Crippen molar-refractivity contribution in [2.75, 3.05) is 10.5 Å². The molecule has 1 heterocycles. The average molecular weight is 397 g/mol. The highest BCUT2D eigenvalue weighted by molar-refractivity contribution is 9.10. The fraction of sp³-hybridized carbons (Fsp3) is 0. The number of hydrogen-bond acceptors (Lipinski definition) is 4. The van der Waals surface area contributed by atoms with E-state index in [9.17, 15) is 8.42 Å². The van der Waals surface area contributed by atoms with Crippen LogP contribution in [0, 0.1) is 0 Å². The predicted octanol–water partition coefficient (Wildman–Crippen LogP) is 3.53. The summed E-state index contributed by atoms with van der Waals surface area (Å²) < 4.78 is 27.4. The molecule has 0 bridgehead atoms. The summed E-state index contributed by atoms with van der Waals surface area (Å²) in [5.41, 5.74) is 5.68. The van der Waals surface area contributed by atoms with Gasteiger partial charge in [0.05, 0.1) is 15.7 Å². The molecule has 0 fully saturated rings. The Morgan fingerprint density at radius 1 is 1.25 bits per heavy atom. The van der Waals surface area contributed by atoms with Crippen molar-refractivity contribution in [1.29, 1.82) is 0 Å². The van der Waals surface area contributed by atoms with E-state index in [0.717, 1.165) is 0 Å². The molecule has 0 spiro atoms. The number of nitrogens with zero attached hydrogens (tertiary/aromatic N) is 1. The number of nitrogens with two attached hydrogens (primary N) is 1.